The van der Waals surface area contributed by atoms with E-state index in [1.165, 1.54) is 16.8 Å². The van der Waals surface area contributed by atoms with Crippen molar-refractivity contribution in [2.24, 2.45) is 0 Å². The van der Waals surface area contributed by atoms with Gasteiger partial charge in [0.2, 0.25) is 0 Å². The Kier molecular flexibility index (Phi) is 5.96. The van der Waals surface area contributed by atoms with E-state index >= 15 is 0 Å². The first-order valence-electron chi connectivity index (χ1n) is 12.0. The van der Waals surface area contributed by atoms with E-state index in [0.29, 0.717) is 6.04 Å². The van der Waals surface area contributed by atoms with Gasteiger partial charge < -0.3 is 9.64 Å². The van der Waals surface area contributed by atoms with Gasteiger partial charge in [-0.25, -0.2) is 4.98 Å². The molecule has 0 saturated carbocycles. The molecule has 0 radical (unpaired) electrons. The highest BCUT2D eigenvalue weighted by molar-refractivity contribution is 5.83. The van der Waals surface area contributed by atoms with Crippen molar-refractivity contribution in [3.05, 3.63) is 60.0 Å². The maximum absolute atomic E-state index is 5.82. The maximum Gasteiger partial charge on any atom is 0.125 e. The Morgan fingerprint density at radius 2 is 1.91 bits per heavy atom. The van der Waals surface area contributed by atoms with Crippen LogP contribution in [0.25, 0.3) is 22.3 Å². The minimum atomic E-state index is 0.452. The predicted molar refractivity (Wildman–Crippen MR) is 137 cm³/mol. The van der Waals surface area contributed by atoms with Crippen LogP contribution in [0.3, 0.4) is 0 Å². The van der Waals surface area contributed by atoms with Gasteiger partial charge in [0, 0.05) is 60.9 Å². The molecule has 4 aromatic rings. The van der Waals surface area contributed by atoms with Crippen molar-refractivity contribution in [1.82, 2.24) is 24.6 Å². The van der Waals surface area contributed by atoms with Crippen LogP contribution in [0.4, 0.5) is 11.4 Å². The summed E-state index contributed by atoms with van der Waals surface area (Å²) in [6.45, 7) is 12.3. The monoisotopic (exact) mass is 456 g/mol. The van der Waals surface area contributed by atoms with Crippen molar-refractivity contribution >= 4 is 22.4 Å². The fraction of sp³-hybridized carbons (Fsp3) is 0.370. The van der Waals surface area contributed by atoms with E-state index < -0.39 is 0 Å². The van der Waals surface area contributed by atoms with Gasteiger partial charge in [0.05, 0.1) is 36.2 Å². The lowest BCUT2D eigenvalue weighted by Crippen LogP contribution is -2.34. The van der Waals surface area contributed by atoms with E-state index in [0.717, 1.165) is 59.9 Å². The third-order valence-electron chi connectivity index (χ3n) is 6.63. The minimum Gasteiger partial charge on any atom is -0.496 e. The van der Waals surface area contributed by atoms with Crippen LogP contribution in [0, 0.1) is 6.92 Å². The highest BCUT2D eigenvalue weighted by Crippen LogP contribution is 2.39. The van der Waals surface area contributed by atoms with Gasteiger partial charge in [-0.05, 0) is 63.6 Å². The molecule has 34 heavy (non-hydrogen) atoms. The molecule has 3 heterocycles. The number of fused-ring (bicyclic) bond motifs is 2. The van der Waals surface area contributed by atoms with Gasteiger partial charge in [0.15, 0.2) is 0 Å². The molecule has 0 bridgehead atoms. The molecule has 0 N–H and O–H groups in total. The molecule has 0 aliphatic carbocycles. The Bertz CT molecular complexity index is 1330. The Morgan fingerprint density at radius 3 is 2.65 bits per heavy atom. The number of rotatable bonds is 5. The Balaban J connectivity index is 1.60. The van der Waals surface area contributed by atoms with Crippen LogP contribution >= 0.6 is 0 Å². The first-order valence-corrected chi connectivity index (χ1v) is 12.0. The summed E-state index contributed by atoms with van der Waals surface area (Å²) < 4.78 is 7.73. The molecular weight excluding hydrogens is 424 g/mol. The topological polar surface area (TPSA) is 59.3 Å². The fourth-order valence-electron chi connectivity index (χ4n) is 4.66. The molecule has 5 rings (SSSR count). The number of nitrogens with zero attached hydrogens (tertiary/aromatic N) is 6. The number of methoxy groups -OCH3 is 1. The molecule has 0 unspecified atom stereocenters. The standard InChI is InChI=1S/C27H32N6O/c1-6-32-16-20(14-29-32)25-15-28-23-8-7-21(13-24(23)30-25)33-10-9-31(18(2)3)17-22-26(33)11-19(4)12-27(22)34-5/h7-8,11-16,18H,6,9-10,17H2,1-5H3. The highest BCUT2D eigenvalue weighted by Gasteiger charge is 2.25. The molecule has 7 heteroatoms. The molecule has 7 nitrogen and oxygen atoms in total. The van der Waals surface area contributed by atoms with Gasteiger partial charge in [-0.3, -0.25) is 14.6 Å². The second-order valence-corrected chi connectivity index (χ2v) is 9.19. The summed E-state index contributed by atoms with van der Waals surface area (Å²) in [5.74, 6) is 0.948. The van der Waals surface area contributed by atoms with Crippen LogP contribution in [-0.2, 0) is 13.1 Å². The van der Waals surface area contributed by atoms with E-state index in [1.807, 2.05) is 23.3 Å². The quantitative estimate of drug-likeness (QED) is 0.412. The smallest absolute Gasteiger partial charge is 0.125 e. The molecule has 0 atom stereocenters. The van der Waals surface area contributed by atoms with Gasteiger partial charge in [0.25, 0.3) is 0 Å². The van der Waals surface area contributed by atoms with E-state index in [2.05, 4.69) is 77.9 Å². The molecule has 0 spiro atoms. The van der Waals surface area contributed by atoms with Crippen molar-refractivity contribution < 1.29 is 4.74 Å². The van der Waals surface area contributed by atoms with Crippen molar-refractivity contribution in [3.8, 4) is 17.0 Å². The normalized spacial score (nSPS) is 14.5. The van der Waals surface area contributed by atoms with E-state index in [4.69, 9.17) is 9.72 Å². The lowest BCUT2D eigenvalue weighted by atomic mass is 10.1. The molecule has 2 aromatic carbocycles. The van der Waals surface area contributed by atoms with Gasteiger partial charge in [-0.15, -0.1) is 0 Å². The molecule has 0 amide bonds. The van der Waals surface area contributed by atoms with Crippen molar-refractivity contribution in [3.63, 3.8) is 0 Å². The number of aryl methyl sites for hydroxylation is 2. The largest absolute Gasteiger partial charge is 0.496 e. The van der Waals surface area contributed by atoms with Gasteiger partial charge >= 0.3 is 0 Å². The number of hydrogen-bond donors (Lipinski definition) is 0. The summed E-state index contributed by atoms with van der Waals surface area (Å²) in [5.41, 5.74) is 8.32. The molecular formula is C27H32N6O. The summed E-state index contributed by atoms with van der Waals surface area (Å²) in [6, 6.07) is 11.2. The number of hydrogen-bond acceptors (Lipinski definition) is 6. The Labute approximate surface area is 201 Å². The third-order valence-corrected chi connectivity index (χ3v) is 6.63. The van der Waals surface area contributed by atoms with Crippen LogP contribution in [0.2, 0.25) is 0 Å². The highest BCUT2D eigenvalue weighted by atomic mass is 16.5. The number of anilines is 2. The summed E-state index contributed by atoms with van der Waals surface area (Å²) in [5, 5.41) is 4.39. The van der Waals surface area contributed by atoms with Crippen LogP contribution in [0.5, 0.6) is 5.75 Å². The van der Waals surface area contributed by atoms with Gasteiger partial charge in [-0.2, -0.15) is 5.10 Å². The Morgan fingerprint density at radius 1 is 1.06 bits per heavy atom. The van der Waals surface area contributed by atoms with Crippen LogP contribution in [0.15, 0.2) is 48.9 Å². The van der Waals surface area contributed by atoms with Crippen molar-refractivity contribution in [2.45, 2.75) is 46.8 Å². The zero-order valence-electron chi connectivity index (χ0n) is 20.6. The van der Waals surface area contributed by atoms with E-state index in [-0.39, 0.29) is 0 Å². The van der Waals surface area contributed by atoms with Crippen molar-refractivity contribution in [2.75, 3.05) is 25.1 Å². The average molecular weight is 457 g/mol. The molecule has 2 aromatic heterocycles. The third kappa shape index (κ3) is 4.12. The summed E-state index contributed by atoms with van der Waals surface area (Å²) in [4.78, 5) is 14.5. The molecule has 1 aliphatic heterocycles. The zero-order chi connectivity index (χ0) is 23.8. The zero-order valence-corrected chi connectivity index (χ0v) is 20.6. The van der Waals surface area contributed by atoms with Crippen LogP contribution in [-0.4, -0.2) is 50.9 Å². The van der Waals surface area contributed by atoms with E-state index in [1.54, 1.807) is 7.11 Å². The second kappa shape index (κ2) is 9.06. The summed E-state index contributed by atoms with van der Waals surface area (Å²) in [7, 11) is 1.76. The van der Waals surface area contributed by atoms with Gasteiger partial charge in [0.1, 0.15) is 5.75 Å². The number of ether oxygens (including phenoxy) is 1. The lowest BCUT2D eigenvalue weighted by molar-refractivity contribution is 0.221. The summed E-state index contributed by atoms with van der Waals surface area (Å²) >= 11 is 0. The fourth-order valence-corrected chi connectivity index (χ4v) is 4.66. The summed E-state index contributed by atoms with van der Waals surface area (Å²) in [6.07, 6.45) is 5.69. The van der Waals surface area contributed by atoms with E-state index in [9.17, 15) is 0 Å². The molecule has 0 fully saturated rings. The lowest BCUT2D eigenvalue weighted by Gasteiger charge is -2.26. The molecule has 1 aliphatic rings. The van der Waals surface area contributed by atoms with Crippen LogP contribution < -0.4 is 9.64 Å². The molecule has 176 valence electrons. The first-order chi connectivity index (χ1) is 16.5. The maximum atomic E-state index is 5.82. The first kappa shape index (κ1) is 22.3. The second-order valence-electron chi connectivity index (χ2n) is 9.19. The predicted octanol–water partition coefficient (Wildman–Crippen LogP) is 5.19. The molecule has 0 saturated heterocycles. The SMILES string of the molecule is CCn1cc(-c2cnc3ccc(N4CCN(C(C)C)Cc5c(OC)cc(C)cc54)cc3n2)cn1. The minimum absolute atomic E-state index is 0.452. The Hall–Kier alpha value is -3.45. The number of benzene rings is 2. The van der Waals surface area contributed by atoms with Gasteiger partial charge in [-0.1, -0.05) is 0 Å². The average Bonchev–Trinajstić information content (AvgIpc) is 3.24. The van der Waals surface area contributed by atoms with Crippen LogP contribution in [0.1, 0.15) is 31.9 Å². The van der Waals surface area contributed by atoms with Crippen molar-refractivity contribution in [1.29, 1.82) is 0 Å². The number of aromatic nitrogens is 4.